The number of nitrogens with one attached hydrogen (secondary N) is 1. The number of fused-ring (bicyclic) bond motifs is 1. The zero-order valence-corrected chi connectivity index (χ0v) is 17.3. The van der Waals surface area contributed by atoms with E-state index in [2.05, 4.69) is 10.3 Å². The van der Waals surface area contributed by atoms with Crippen molar-refractivity contribution in [3.8, 4) is 11.1 Å². The first kappa shape index (κ1) is 19.1. The molecule has 146 valence electrons. The molecule has 0 saturated heterocycles. The highest BCUT2D eigenvalue weighted by atomic mass is 32.1. The van der Waals surface area contributed by atoms with Crippen LogP contribution in [0.5, 0.6) is 0 Å². The van der Waals surface area contributed by atoms with Gasteiger partial charge in [0.1, 0.15) is 11.2 Å². The summed E-state index contributed by atoms with van der Waals surface area (Å²) in [4.78, 5) is 29.8. The number of hydrogen-bond donors (Lipinski definition) is 1. The van der Waals surface area contributed by atoms with Crippen LogP contribution in [0.2, 0.25) is 0 Å². The Kier molecular flexibility index (Phi) is 5.03. The van der Waals surface area contributed by atoms with Gasteiger partial charge in [-0.15, -0.1) is 11.3 Å². The Hall–Kier alpha value is -3.25. The fourth-order valence-corrected chi connectivity index (χ4v) is 4.14. The predicted octanol–water partition coefficient (Wildman–Crippen LogP) is 4.69. The lowest BCUT2D eigenvalue weighted by Crippen LogP contribution is -2.27. The van der Waals surface area contributed by atoms with Crippen LogP contribution in [0.1, 0.15) is 16.7 Å². The minimum atomic E-state index is -0.258. The molecule has 0 saturated carbocycles. The first-order valence-electron chi connectivity index (χ1n) is 9.33. The third-order valence-corrected chi connectivity index (χ3v) is 5.97. The van der Waals surface area contributed by atoms with Crippen molar-refractivity contribution in [2.24, 2.45) is 0 Å². The molecule has 2 aromatic carbocycles. The zero-order valence-electron chi connectivity index (χ0n) is 16.5. The average molecular weight is 404 g/mol. The van der Waals surface area contributed by atoms with Gasteiger partial charge in [0, 0.05) is 16.6 Å². The van der Waals surface area contributed by atoms with Crippen molar-refractivity contribution in [3.63, 3.8) is 0 Å². The highest BCUT2D eigenvalue weighted by Crippen LogP contribution is 2.30. The van der Waals surface area contributed by atoms with E-state index >= 15 is 0 Å². The minimum Gasteiger partial charge on any atom is -0.325 e. The van der Waals surface area contributed by atoms with Gasteiger partial charge in [-0.25, -0.2) is 4.98 Å². The van der Waals surface area contributed by atoms with Crippen molar-refractivity contribution in [3.05, 3.63) is 81.2 Å². The number of anilines is 1. The molecule has 0 atom stereocenters. The second kappa shape index (κ2) is 7.64. The summed E-state index contributed by atoms with van der Waals surface area (Å²) in [5.41, 5.74) is 6.61. The molecule has 2 aromatic heterocycles. The van der Waals surface area contributed by atoms with Crippen LogP contribution in [-0.2, 0) is 11.3 Å². The van der Waals surface area contributed by atoms with Gasteiger partial charge in [0.05, 0.1) is 11.8 Å². The lowest BCUT2D eigenvalue weighted by molar-refractivity contribution is -0.116. The summed E-state index contributed by atoms with van der Waals surface area (Å²) in [6, 6.07) is 13.9. The summed E-state index contributed by atoms with van der Waals surface area (Å²) in [5, 5.41) is 4.79. The number of benzene rings is 2. The van der Waals surface area contributed by atoms with Gasteiger partial charge in [-0.3, -0.25) is 14.2 Å². The summed E-state index contributed by atoms with van der Waals surface area (Å²) in [5.74, 6) is -0.258. The number of thiophene rings is 1. The largest absolute Gasteiger partial charge is 0.325 e. The molecular formula is C23H21N3O2S. The molecule has 6 heteroatoms. The molecule has 2 heterocycles. The normalized spacial score (nSPS) is 11.0. The van der Waals surface area contributed by atoms with Gasteiger partial charge in [-0.05, 0) is 49.6 Å². The maximum Gasteiger partial charge on any atom is 0.271 e. The smallest absolute Gasteiger partial charge is 0.271 e. The van der Waals surface area contributed by atoms with E-state index in [9.17, 15) is 9.59 Å². The molecule has 0 fully saturated rings. The van der Waals surface area contributed by atoms with Crippen LogP contribution in [0.15, 0.2) is 59.0 Å². The standard InChI is InChI=1S/C23H21N3O2S/c1-14-4-7-17(8-5-14)19-12-29-22-21(19)24-13-26(23(22)28)11-20(27)25-18-9-6-15(2)16(3)10-18/h4-10,12-13H,11H2,1-3H3,(H,25,27). The molecule has 0 aliphatic heterocycles. The predicted molar refractivity (Wildman–Crippen MR) is 119 cm³/mol. The van der Waals surface area contributed by atoms with Crippen LogP contribution >= 0.6 is 11.3 Å². The number of rotatable bonds is 4. The van der Waals surface area contributed by atoms with Crippen LogP contribution < -0.4 is 10.9 Å². The fourth-order valence-electron chi connectivity index (χ4n) is 3.17. The molecule has 0 aliphatic carbocycles. The zero-order chi connectivity index (χ0) is 20.5. The van der Waals surface area contributed by atoms with Gasteiger partial charge in [0.25, 0.3) is 5.56 Å². The Morgan fingerprint density at radius 2 is 1.83 bits per heavy atom. The number of hydrogen-bond acceptors (Lipinski definition) is 4. The Balaban J connectivity index is 1.59. The molecule has 0 unspecified atom stereocenters. The van der Waals surface area contributed by atoms with E-state index in [-0.39, 0.29) is 18.0 Å². The Morgan fingerprint density at radius 3 is 2.55 bits per heavy atom. The first-order valence-corrected chi connectivity index (χ1v) is 10.2. The molecule has 0 aliphatic rings. The molecule has 29 heavy (non-hydrogen) atoms. The number of carbonyl (C=O) groups excluding carboxylic acids is 1. The molecule has 1 amide bonds. The van der Waals surface area contributed by atoms with Gasteiger partial charge in [-0.2, -0.15) is 0 Å². The summed E-state index contributed by atoms with van der Waals surface area (Å²) in [7, 11) is 0. The molecule has 4 aromatic rings. The van der Waals surface area contributed by atoms with E-state index in [0.29, 0.717) is 10.2 Å². The quantitative estimate of drug-likeness (QED) is 0.538. The number of aryl methyl sites for hydroxylation is 3. The Bertz CT molecular complexity index is 1270. The van der Waals surface area contributed by atoms with Crippen LogP contribution in [0.25, 0.3) is 21.3 Å². The molecule has 0 bridgehead atoms. The van der Waals surface area contributed by atoms with Gasteiger partial charge in [0.15, 0.2) is 0 Å². The van der Waals surface area contributed by atoms with Crippen molar-refractivity contribution in [2.45, 2.75) is 27.3 Å². The average Bonchev–Trinajstić information content (AvgIpc) is 3.12. The van der Waals surface area contributed by atoms with Crippen LogP contribution in [-0.4, -0.2) is 15.5 Å². The van der Waals surface area contributed by atoms with Crippen molar-refractivity contribution < 1.29 is 4.79 Å². The topological polar surface area (TPSA) is 64.0 Å². The van der Waals surface area contributed by atoms with E-state index in [1.807, 2.05) is 68.6 Å². The number of nitrogens with zero attached hydrogens (tertiary/aromatic N) is 2. The van der Waals surface area contributed by atoms with Gasteiger partial charge in [-0.1, -0.05) is 35.9 Å². The fraction of sp³-hybridized carbons (Fsp3) is 0.174. The van der Waals surface area contributed by atoms with E-state index in [1.165, 1.54) is 27.8 Å². The van der Waals surface area contributed by atoms with E-state index in [1.54, 1.807) is 0 Å². The van der Waals surface area contributed by atoms with Crippen molar-refractivity contribution in [1.82, 2.24) is 9.55 Å². The summed E-state index contributed by atoms with van der Waals surface area (Å²) in [6.07, 6.45) is 1.45. The number of carbonyl (C=O) groups is 1. The summed E-state index contributed by atoms with van der Waals surface area (Å²) < 4.78 is 1.91. The molecule has 0 spiro atoms. The van der Waals surface area contributed by atoms with Gasteiger partial charge >= 0.3 is 0 Å². The maximum atomic E-state index is 12.9. The number of aromatic nitrogens is 2. The summed E-state index contributed by atoms with van der Waals surface area (Å²) in [6.45, 7) is 5.98. The lowest BCUT2D eigenvalue weighted by Gasteiger charge is -2.09. The molecule has 1 N–H and O–H groups in total. The van der Waals surface area contributed by atoms with Crippen LogP contribution in [0.4, 0.5) is 5.69 Å². The van der Waals surface area contributed by atoms with E-state index < -0.39 is 0 Å². The molecule has 4 rings (SSSR count). The van der Waals surface area contributed by atoms with E-state index in [0.717, 1.165) is 27.9 Å². The van der Waals surface area contributed by atoms with E-state index in [4.69, 9.17) is 0 Å². The third-order valence-electron chi connectivity index (χ3n) is 5.01. The first-order chi connectivity index (χ1) is 13.9. The van der Waals surface area contributed by atoms with Gasteiger partial charge < -0.3 is 5.32 Å². The molecule has 5 nitrogen and oxygen atoms in total. The monoisotopic (exact) mass is 403 g/mol. The maximum absolute atomic E-state index is 12.9. The van der Waals surface area contributed by atoms with Gasteiger partial charge in [0.2, 0.25) is 5.91 Å². The molecular weight excluding hydrogens is 382 g/mol. The number of amides is 1. The van der Waals surface area contributed by atoms with Crippen molar-refractivity contribution in [2.75, 3.05) is 5.32 Å². The van der Waals surface area contributed by atoms with Crippen molar-refractivity contribution in [1.29, 1.82) is 0 Å². The second-order valence-corrected chi connectivity index (χ2v) is 8.10. The SMILES string of the molecule is Cc1ccc(-c2csc3c(=O)n(CC(=O)Nc4ccc(C)c(C)c4)cnc23)cc1. The Labute approximate surface area is 172 Å². The highest BCUT2D eigenvalue weighted by Gasteiger charge is 2.14. The van der Waals surface area contributed by atoms with Crippen molar-refractivity contribution >= 4 is 33.1 Å². The third kappa shape index (κ3) is 3.84. The minimum absolute atomic E-state index is 0.0769. The second-order valence-electron chi connectivity index (χ2n) is 7.22. The summed E-state index contributed by atoms with van der Waals surface area (Å²) >= 11 is 1.36. The van der Waals surface area contributed by atoms with Crippen LogP contribution in [0.3, 0.4) is 0 Å². The highest BCUT2D eigenvalue weighted by molar-refractivity contribution is 7.17. The lowest BCUT2D eigenvalue weighted by atomic mass is 10.1. The Morgan fingerprint density at radius 1 is 1.07 bits per heavy atom. The van der Waals surface area contributed by atoms with Crippen LogP contribution in [0, 0.1) is 20.8 Å². The molecule has 0 radical (unpaired) electrons.